The first-order chi connectivity index (χ1) is 7.66. The molecule has 0 saturated carbocycles. The van der Waals surface area contributed by atoms with Gasteiger partial charge in [-0.2, -0.15) is 0 Å². The highest BCUT2D eigenvalue weighted by molar-refractivity contribution is 5.95. The van der Waals surface area contributed by atoms with Gasteiger partial charge in [0, 0.05) is 11.4 Å². The minimum absolute atomic E-state index is 0.0116. The fourth-order valence-electron chi connectivity index (χ4n) is 2.03. The van der Waals surface area contributed by atoms with E-state index in [0.717, 1.165) is 25.1 Å². The number of rotatable bonds is 2. The largest absolute Gasteiger partial charge is 0.399 e. The average molecular weight is 219 g/mol. The number of carbonyl (C=O) groups excluding carboxylic acids is 1. The van der Waals surface area contributed by atoms with Crippen LogP contribution in [0.1, 0.15) is 12.8 Å². The summed E-state index contributed by atoms with van der Waals surface area (Å²) in [5, 5.41) is 2.91. The second-order valence-corrected chi connectivity index (χ2v) is 4.25. The Hall–Kier alpha value is -1.55. The molecular formula is C12H17N3O. The molecule has 1 saturated heterocycles. The molecule has 2 rings (SSSR count). The fraction of sp³-hybridized carbons (Fsp3) is 0.417. The lowest BCUT2D eigenvalue weighted by atomic mass is 10.2. The number of amides is 1. The molecule has 1 atom stereocenters. The van der Waals surface area contributed by atoms with Gasteiger partial charge in [0.25, 0.3) is 0 Å². The normalized spacial score (nSPS) is 20.9. The molecule has 0 aromatic heterocycles. The summed E-state index contributed by atoms with van der Waals surface area (Å²) in [6.07, 6.45) is 2.04. The average Bonchev–Trinajstić information content (AvgIpc) is 2.68. The third kappa shape index (κ3) is 2.33. The summed E-state index contributed by atoms with van der Waals surface area (Å²) in [7, 11) is 1.99. The highest BCUT2D eigenvalue weighted by atomic mass is 16.2. The lowest BCUT2D eigenvalue weighted by Crippen LogP contribution is -2.37. The van der Waals surface area contributed by atoms with E-state index in [1.165, 1.54) is 0 Å². The van der Waals surface area contributed by atoms with E-state index in [4.69, 9.17) is 5.73 Å². The van der Waals surface area contributed by atoms with Crippen molar-refractivity contribution in [3.8, 4) is 0 Å². The number of anilines is 2. The molecule has 0 spiro atoms. The molecule has 1 aliphatic heterocycles. The van der Waals surface area contributed by atoms with Crippen LogP contribution in [0, 0.1) is 0 Å². The number of likely N-dealkylation sites (tertiary alicyclic amines) is 1. The zero-order chi connectivity index (χ0) is 11.5. The summed E-state index contributed by atoms with van der Waals surface area (Å²) in [4.78, 5) is 14.0. The standard InChI is InChI=1S/C12H17N3O/c1-15-8-2-3-11(15)12(16)14-10-6-4-9(13)5-7-10/h4-7,11H,2-3,8,13H2,1H3,(H,14,16)/t11-/m0/s1. The van der Waals surface area contributed by atoms with Gasteiger partial charge < -0.3 is 11.1 Å². The Balaban J connectivity index is 1.99. The number of nitrogens with one attached hydrogen (secondary N) is 1. The number of carbonyl (C=O) groups is 1. The summed E-state index contributed by atoms with van der Waals surface area (Å²) in [5.74, 6) is 0.0739. The van der Waals surface area contributed by atoms with Crippen LogP contribution in [0.25, 0.3) is 0 Å². The van der Waals surface area contributed by atoms with Crippen molar-refractivity contribution in [3.63, 3.8) is 0 Å². The maximum atomic E-state index is 11.9. The topological polar surface area (TPSA) is 58.4 Å². The molecule has 1 heterocycles. The Morgan fingerprint density at radius 3 is 2.69 bits per heavy atom. The van der Waals surface area contributed by atoms with E-state index < -0.39 is 0 Å². The molecule has 1 aromatic carbocycles. The second-order valence-electron chi connectivity index (χ2n) is 4.25. The monoisotopic (exact) mass is 219 g/mol. The molecule has 16 heavy (non-hydrogen) atoms. The van der Waals surface area contributed by atoms with Crippen LogP contribution in [-0.4, -0.2) is 30.4 Å². The smallest absolute Gasteiger partial charge is 0.241 e. The van der Waals surface area contributed by atoms with Gasteiger partial charge in [-0.3, -0.25) is 9.69 Å². The van der Waals surface area contributed by atoms with Gasteiger partial charge in [-0.05, 0) is 50.7 Å². The third-order valence-corrected chi connectivity index (χ3v) is 3.00. The van der Waals surface area contributed by atoms with Gasteiger partial charge in [0.1, 0.15) is 0 Å². The Morgan fingerprint density at radius 1 is 1.44 bits per heavy atom. The number of nitrogens with zero attached hydrogens (tertiary/aromatic N) is 1. The van der Waals surface area contributed by atoms with Crippen molar-refractivity contribution in [1.82, 2.24) is 4.90 Å². The lowest BCUT2D eigenvalue weighted by Gasteiger charge is -2.18. The maximum absolute atomic E-state index is 11.9. The molecule has 4 nitrogen and oxygen atoms in total. The van der Waals surface area contributed by atoms with Crippen molar-refractivity contribution >= 4 is 17.3 Å². The minimum Gasteiger partial charge on any atom is -0.399 e. The van der Waals surface area contributed by atoms with Crippen LogP contribution in [0.5, 0.6) is 0 Å². The predicted octanol–water partition coefficient (Wildman–Crippen LogP) is 1.30. The molecule has 1 amide bonds. The molecule has 1 fully saturated rings. The molecule has 86 valence electrons. The Labute approximate surface area is 95.4 Å². The van der Waals surface area contributed by atoms with Crippen molar-refractivity contribution in [2.45, 2.75) is 18.9 Å². The van der Waals surface area contributed by atoms with Gasteiger partial charge in [-0.1, -0.05) is 0 Å². The van der Waals surface area contributed by atoms with Crippen LogP contribution in [0.3, 0.4) is 0 Å². The first-order valence-corrected chi connectivity index (χ1v) is 5.53. The summed E-state index contributed by atoms with van der Waals surface area (Å²) >= 11 is 0. The van der Waals surface area contributed by atoms with Crippen LogP contribution < -0.4 is 11.1 Å². The molecule has 3 N–H and O–H groups in total. The molecule has 4 heteroatoms. The van der Waals surface area contributed by atoms with Crippen LogP contribution in [0.15, 0.2) is 24.3 Å². The highest BCUT2D eigenvalue weighted by Crippen LogP contribution is 2.17. The molecule has 1 aliphatic rings. The Bertz CT molecular complexity index is 374. The number of nitrogens with two attached hydrogens (primary N) is 1. The van der Waals surface area contributed by atoms with Crippen molar-refractivity contribution in [1.29, 1.82) is 0 Å². The van der Waals surface area contributed by atoms with E-state index >= 15 is 0 Å². The fourth-order valence-corrected chi connectivity index (χ4v) is 2.03. The molecule has 0 unspecified atom stereocenters. The van der Waals surface area contributed by atoms with Crippen LogP contribution in [-0.2, 0) is 4.79 Å². The van der Waals surface area contributed by atoms with Crippen LogP contribution in [0.2, 0.25) is 0 Å². The first-order valence-electron chi connectivity index (χ1n) is 5.53. The predicted molar refractivity (Wildman–Crippen MR) is 65.1 cm³/mol. The second kappa shape index (κ2) is 4.53. The number of benzene rings is 1. The van der Waals surface area contributed by atoms with E-state index in [0.29, 0.717) is 5.69 Å². The van der Waals surface area contributed by atoms with Crippen LogP contribution >= 0.6 is 0 Å². The maximum Gasteiger partial charge on any atom is 0.241 e. The molecule has 0 aliphatic carbocycles. The molecular weight excluding hydrogens is 202 g/mol. The summed E-state index contributed by atoms with van der Waals surface area (Å²) in [6.45, 7) is 1.000. The Kier molecular flexibility index (Phi) is 3.10. The third-order valence-electron chi connectivity index (χ3n) is 3.00. The van der Waals surface area contributed by atoms with Crippen molar-refractivity contribution in [2.75, 3.05) is 24.6 Å². The number of nitrogen functional groups attached to an aromatic ring is 1. The summed E-state index contributed by atoms with van der Waals surface area (Å²) in [5.41, 5.74) is 7.09. The van der Waals surface area contributed by atoms with Gasteiger partial charge >= 0.3 is 0 Å². The number of hydrogen-bond donors (Lipinski definition) is 2. The quantitative estimate of drug-likeness (QED) is 0.737. The zero-order valence-electron chi connectivity index (χ0n) is 9.44. The Morgan fingerprint density at radius 2 is 2.12 bits per heavy atom. The molecule has 0 radical (unpaired) electrons. The van der Waals surface area contributed by atoms with Crippen molar-refractivity contribution < 1.29 is 4.79 Å². The number of hydrogen-bond acceptors (Lipinski definition) is 3. The van der Waals surface area contributed by atoms with E-state index in [2.05, 4.69) is 10.2 Å². The van der Waals surface area contributed by atoms with Crippen molar-refractivity contribution in [3.05, 3.63) is 24.3 Å². The minimum atomic E-state index is 0.0116. The van der Waals surface area contributed by atoms with Gasteiger partial charge in [0.15, 0.2) is 0 Å². The van der Waals surface area contributed by atoms with E-state index in [1.807, 2.05) is 19.2 Å². The highest BCUT2D eigenvalue weighted by Gasteiger charge is 2.27. The van der Waals surface area contributed by atoms with Gasteiger partial charge in [-0.25, -0.2) is 0 Å². The van der Waals surface area contributed by atoms with E-state index in [1.54, 1.807) is 12.1 Å². The zero-order valence-corrected chi connectivity index (χ0v) is 9.44. The van der Waals surface area contributed by atoms with Gasteiger partial charge in [0.2, 0.25) is 5.91 Å². The van der Waals surface area contributed by atoms with Crippen molar-refractivity contribution in [2.24, 2.45) is 0 Å². The SMILES string of the molecule is CN1CCC[C@H]1C(=O)Nc1ccc(N)cc1. The number of likely N-dealkylation sites (N-methyl/N-ethyl adjacent to an activating group) is 1. The van der Waals surface area contributed by atoms with Gasteiger partial charge in [0.05, 0.1) is 6.04 Å². The van der Waals surface area contributed by atoms with E-state index in [9.17, 15) is 4.79 Å². The summed E-state index contributed by atoms with van der Waals surface area (Å²) < 4.78 is 0. The van der Waals surface area contributed by atoms with Crippen LogP contribution in [0.4, 0.5) is 11.4 Å². The lowest BCUT2D eigenvalue weighted by molar-refractivity contribution is -0.119. The van der Waals surface area contributed by atoms with Gasteiger partial charge in [-0.15, -0.1) is 0 Å². The summed E-state index contributed by atoms with van der Waals surface area (Å²) in [6, 6.07) is 7.23. The van der Waals surface area contributed by atoms with E-state index in [-0.39, 0.29) is 11.9 Å². The molecule has 1 aromatic rings. The molecule has 0 bridgehead atoms. The first kappa shape index (κ1) is 11.0.